The quantitative estimate of drug-likeness (QED) is 0.726. The molecule has 0 radical (unpaired) electrons. The minimum Gasteiger partial charge on any atom is -0.349 e. The van der Waals surface area contributed by atoms with Crippen molar-refractivity contribution in [2.75, 3.05) is 0 Å². The van der Waals surface area contributed by atoms with E-state index in [2.05, 4.69) is 20.2 Å². The zero-order valence-corrected chi connectivity index (χ0v) is 14.8. The van der Waals surface area contributed by atoms with Crippen LogP contribution in [-0.2, 0) is 0 Å². The van der Waals surface area contributed by atoms with Crippen molar-refractivity contribution in [3.8, 4) is 10.6 Å². The van der Waals surface area contributed by atoms with Gasteiger partial charge in [-0.15, -0.1) is 0 Å². The summed E-state index contributed by atoms with van der Waals surface area (Å²) in [4.78, 5) is 21.7. The van der Waals surface area contributed by atoms with Gasteiger partial charge in [0, 0.05) is 11.7 Å². The number of thiophene rings is 1. The van der Waals surface area contributed by atoms with Crippen LogP contribution in [0.25, 0.3) is 21.1 Å². The van der Waals surface area contributed by atoms with Crippen molar-refractivity contribution >= 4 is 28.6 Å². The Labute approximate surface area is 149 Å². The van der Waals surface area contributed by atoms with Gasteiger partial charge in [0.2, 0.25) is 5.69 Å². The fourth-order valence-electron chi connectivity index (χ4n) is 2.97. The fourth-order valence-corrected chi connectivity index (χ4v) is 3.76. The molecule has 3 aromatic rings. The van der Waals surface area contributed by atoms with Crippen LogP contribution in [0.1, 0.15) is 35.8 Å². The molecule has 1 amide bonds. The van der Waals surface area contributed by atoms with E-state index in [0.29, 0.717) is 28.5 Å². The van der Waals surface area contributed by atoms with Crippen molar-refractivity contribution in [2.45, 2.75) is 32.7 Å². The normalized spacial score (nSPS) is 15.1. The second-order valence-corrected chi connectivity index (χ2v) is 7.34. The molecule has 1 N–H and O–H groups in total. The van der Waals surface area contributed by atoms with Crippen LogP contribution in [-0.4, -0.2) is 26.5 Å². The monoisotopic (exact) mass is 351 g/mol. The third kappa shape index (κ3) is 2.79. The number of hydrogen-bond acceptors (Lipinski definition) is 4. The van der Waals surface area contributed by atoms with Crippen LogP contribution in [0.15, 0.2) is 23.7 Å². The Morgan fingerprint density at radius 3 is 3.04 bits per heavy atom. The first-order valence-corrected chi connectivity index (χ1v) is 9.08. The average molecular weight is 351 g/mol. The highest BCUT2D eigenvalue weighted by atomic mass is 32.1. The minimum absolute atomic E-state index is 0.143. The van der Waals surface area contributed by atoms with E-state index < -0.39 is 0 Å². The van der Waals surface area contributed by atoms with E-state index in [0.717, 1.165) is 10.6 Å². The predicted octanol–water partition coefficient (Wildman–Crippen LogP) is 3.85. The number of hydrogen-bond donors (Lipinski definition) is 1. The highest BCUT2D eigenvalue weighted by molar-refractivity contribution is 7.14. The van der Waals surface area contributed by atoms with Crippen LogP contribution in [0.3, 0.4) is 0 Å². The van der Waals surface area contributed by atoms with E-state index in [1.807, 2.05) is 25.3 Å². The number of nitrogens with one attached hydrogen (secondary N) is 1. The standard InChI is InChI=1S/C18H17N5OS/c1-10-8-15(16-14(19-3)6-7-25-16)22-17-13(9-20-23(10)17)18(24)21-11(2)12-4-5-12/h6-9,11-12H,4-5H2,1-2H3,(H,21,24)/t11-/m0/s1. The van der Waals surface area contributed by atoms with Gasteiger partial charge in [0.05, 0.1) is 23.3 Å². The second-order valence-electron chi connectivity index (χ2n) is 6.42. The van der Waals surface area contributed by atoms with Crippen LogP contribution in [0.4, 0.5) is 5.69 Å². The third-order valence-corrected chi connectivity index (χ3v) is 5.51. The maximum atomic E-state index is 12.6. The number of aryl methyl sites for hydroxylation is 1. The summed E-state index contributed by atoms with van der Waals surface area (Å²) in [5, 5.41) is 9.24. The summed E-state index contributed by atoms with van der Waals surface area (Å²) in [7, 11) is 0. The van der Waals surface area contributed by atoms with Gasteiger partial charge in [-0.25, -0.2) is 14.3 Å². The Morgan fingerprint density at radius 1 is 1.52 bits per heavy atom. The van der Waals surface area contributed by atoms with Gasteiger partial charge in [0.1, 0.15) is 5.56 Å². The van der Waals surface area contributed by atoms with Gasteiger partial charge in [0.25, 0.3) is 5.91 Å². The molecule has 3 aromatic heterocycles. The first kappa shape index (κ1) is 15.8. The molecule has 0 spiro atoms. The molecule has 25 heavy (non-hydrogen) atoms. The average Bonchev–Trinajstić information content (AvgIpc) is 3.18. The molecule has 0 bridgehead atoms. The molecule has 0 unspecified atom stereocenters. The Morgan fingerprint density at radius 2 is 2.32 bits per heavy atom. The van der Waals surface area contributed by atoms with Crippen molar-refractivity contribution in [1.82, 2.24) is 19.9 Å². The molecular weight excluding hydrogens is 334 g/mol. The topological polar surface area (TPSA) is 63.7 Å². The van der Waals surface area contributed by atoms with E-state index in [1.165, 1.54) is 24.2 Å². The molecule has 126 valence electrons. The van der Waals surface area contributed by atoms with Crippen molar-refractivity contribution < 1.29 is 4.79 Å². The molecule has 1 aliphatic carbocycles. The zero-order valence-electron chi connectivity index (χ0n) is 14.0. The smallest absolute Gasteiger partial charge is 0.256 e. The molecule has 1 saturated carbocycles. The lowest BCUT2D eigenvalue weighted by Crippen LogP contribution is -2.34. The van der Waals surface area contributed by atoms with Crippen LogP contribution in [0, 0.1) is 19.4 Å². The van der Waals surface area contributed by atoms with Gasteiger partial charge < -0.3 is 5.32 Å². The van der Waals surface area contributed by atoms with E-state index in [-0.39, 0.29) is 11.9 Å². The molecule has 4 rings (SSSR count). The first-order valence-electron chi connectivity index (χ1n) is 8.20. The number of fused-ring (bicyclic) bond motifs is 1. The number of amides is 1. The van der Waals surface area contributed by atoms with Crippen molar-refractivity contribution in [3.05, 3.63) is 46.4 Å². The van der Waals surface area contributed by atoms with Gasteiger partial charge in [-0.1, -0.05) is 0 Å². The lowest BCUT2D eigenvalue weighted by atomic mass is 10.2. The highest BCUT2D eigenvalue weighted by Gasteiger charge is 2.30. The van der Waals surface area contributed by atoms with Gasteiger partial charge in [-0.05, 0) is 50.1 Å². The van der Waals surface area contributed by atoms with Crippen LogP contribution in [0.5, 0.6) is 0 Å². The van der Waals surface area contributed by atoms with E-state index in [9.17, 15) is 4.79 Å². The Balaban J connectivity index is 1.76. The molecule has 0 aromatic carbocycles. The number of aromatic nitrogens is 3. The van der Waals surface area contributed by atoms with Crippen molar-refractivity contribution in [3.63, 3.8) is 0 Å². The van der Waals surface area contributed by atoms with E-state index in [1.54, 1.807) is 16.8 Å². The summed E-state index contributed by atoms with van der Waals surface area (Å²) in [5.41, 5.74) is 3.15. The number of carbonyl (C=O) groups is 1. The number of rotatable bonds is 4. The van der Waals surface area contributed by atoms with Gasteiger partial charge in [-0.2, -0.15) is 16.4 Å². The zero-order chi connectivity index (χ0) is 17.6. The summed E-state index contributed by atoms with van der Waals surface area (Å²) in [5.74, 6) is 0.443. The lowest BCUT2D eigenvalue weighted by molar-refractivity contribution is 0.0937. The summed E-state index contributed by atoms with van der Waals surface area (Å²) in [6.07, 6.45) is 3.92. The van der Waals surface area contributed by atoms with E-state index >= 15 is 0 Å². The van der Waals surface area contributed by atoms with Gasteiger partial charge in [-0.3, -0.25) is 4.79 Å². The molecule has 1 aliphatic rings. The van der Waals surface area contributed by atoms with Crippen LogP contribution < -0.4 is 5.32 Å². The molecule has 7 heteroatoms. The molecule has 1 atom stereocenters. The van der Waals surface area contributed by atoms with E-state index in [4.69, 9.17) is 6.57 Å². The molecule has 3 heterocycles. The lowest BCUT2D eigenvalue weighted by Gasteiger charge is -2.12. The maximum Gasteiger partial charge on any atom is 0.256 e. The summed E-state index contributed by atoms with van der Waals surface area (Å²) in [6, 6.07) is 3.85. The Bertz CT molecular complexity index is 1010. The highest BCUT2D eigenvalue weighted by Crippen LogP contribution is 2.35. The molecule has 6 nitrogen and oxygen atoms in total. The molecule has 0 saturated heterocycles. The maximum absolute atomic E-state index is 12.6. The largest absolute Gasteiger partial charge is 0.349 e. The predicted molar refractivity (Wildman–Crippen MR) is 97.0 cm³/mol. The summed E-state index contributed by atoms with van der Waals surface area (Å²) in [6.45, 7) is 11.3. The second kappa shape index (κ2) is 5.97. The number of nitrogens with zero attached hydrogens (tertiary/aromatic N) is 4. The Kier molecular flexibility index (Phi) is 3.77. The number of carbonyl (C=O) groups excluding carboxylic acids is 1. The first-order chi connectivity index (χ1) is 12.1. The van der Waals surface area contributed by atoms with Crippen molar-refractivity contribution in [2.24, 2.45) is 5.92 Å². The third-order valence-electron chi connectivity index (χ3n) is 4.58. The summed E-state index contributed by atoms with van der Waals surface area (Å²) >= 11 is 1.48. The Hall–Kier alpha value is -2.72. The molecular formula is C18H17N5OS. The summed E-state index contributed by atoms with van der Waals surface area (Å²) < 4.78 is 1.67. The van der Waals surface area contributed by atoms with Crippen LogP contribution in [0.2, 0.25) is 0 Å². The fraction of sp³-hybridized carbons (Fsp3) is 0.333. The minimum atomic E-state index is -0.143. The van der Waals surface area contributed by atoms with Crippen LogP contribution >= 0.6 is 11.3 Å². The van der Waals surface area contributed by atoms with Gasteiger partial charge in [0.15, 0.2) is 5.65 Å². The molecule has 1 fully saturated rings. The molecule has 0 aliphatic heterocycles. The SMILES string of the molecule is [C-]#[N+]c1ccsc1-c1cc(C)n2ncc(C(=O)N[C@@H](C)C3CC3)c2n1. The van der Waals surface area contributed by atoms with Crippen molar-refractivity contribution in [1.29, 1.82) is 0 Å². The van der Waals surface area contributed by atoms with Gasteiger partial charge >= 0.3 is 0 Å².